The second kappa shape index (κ2) is 4.59. The van der Waals surface area contributed by atoms with Crippen molar-refractivity contribution in [1.29, 1.82) is 0 Å². The molecule has 0 atom stereocenters. The van der Waals surface area contributed by atoms with Crippen molar-refractivity contribution in [2.45, 2.75) is 0 Å². The molecule has 1 aromatic carbocycles. The molecule has 17 heavy (non-hydrogen) atoms. The molecule has 0 bridgehead atoms. The number of benzene rings is 1. The van der Waals surface area contributed by atoms with Crippen LogP contribution in [0.15, 0.2) is 24.4 Å². The van der Waals surface area contributed by atoms with Crippen LogP contribution < -0.4 is 0 Å². The van der Waals surface area contributed by atoms with E-state index in [0.29, 0.717) is 22.0 Å². The van der Waals surface area contributed by atoms with E-state index in [1.54, 1.807) is 24.4 Å². The lowest BCUT2D eigenvalue weighted by Crippen LogP contribution is -2.05. The summed E-state index contributed by atoms with van der Waals surface area (Å²) >= 11 is 5.53. The van der Waals surface area contributed by atoms with Crippen LogP contribution in [0, 0.1) is 0 Å². The SMILES string of the molecule is COC(=O)c1cccc2[nH]cc(C(=O)CCl)c12. The maximum absolute atomic E-state index is 11.6. The minimum absolute atomic E-state index is 0.123. The third kappa shape index (κ3) is 1.91. The van der Waals surface area contributed by atoms with Crippen molar-refractivity contribution >= 4 is 34.3 Å². The van der Waals surface area contributed by atoms with E-state index in [0.717, 1.165) is 0 Å². The van der Waals surface area contributed by atoms with Gasteiger partial charge in [0.25, 0.3) is 0 Å². The molecule has 2 rings (SSSR count). The smallest absolute Gasteiger partial charge is 0.338 e. The highest BCUT2D eigenvalue weighted by atomic mass is 35.5. The van der Waals surface area contributed by atoms with E-state index < -0.39 is 5.97 Å². The number of nitrogens with one attached hydrogen (secondary N) is 1. The van der Waals surface area contributed by atoms with Crippen molar-refractivity contribution in [3.63, 3.8) is 0 Å². The van der Waals surface area contributed by atoms with Gasteiger partial charge in [0.15, 0.2) is 5.78 Å². The molecule has 0 aliphatic carbocycles. The van der Waals surface area contributed by atoms with Gasteiger partial charge in [0, 0.05) is 22.7 Å². The van der Waals surface area contributed by atoms with Crippen LogP contribution in [0.5, 0.6) is 0 Å². The summed E-state index contributed by atoms with van der Waals surface area (Å²) in [7, 11) is 1.30. The van der Waals surface area contributed by atoms with Gasteiger partial charge in [0.05, 0.1) is 18.6 Å². The van der Waals surface area contributed by atoms with Crippen LogP contribution in [-0.2, 0) is 4.74 Å². The molecule has 1 N–H and O–H groups in total. The quantitative estimate of drug-likeness (QED) is 0.518. The number of ketones is 1. The van der Waals surface area contributed by atoms with Gasteiger partial charge in [-0.1, -0.05) is 6.07 Å². The fraction of sp³-hybridized carbons (Fsp3) is 0.167. The fourth-order valence-corrected chi connectivity index (χ4v) is 1.90. The molecule has 0 amide bonds. The van der Waals surface area contributed by atoms with Crippen molar-refractivity contribution in [3.05, 3.63) is 35.5 Å². The highest BCUT2D eigenvalue weighted by Crippen LogP contribution is 2.24. The van der Waals surface area contributed by atoms with E-state index in [1.165, 1.54) is 7.11 Å². The molecule has 88 valence electrons. The average Bonchev–Trinajstić information content (AvgIpc) is 2.80. The largest absolute Gasteiger partial charge is 0.465 e. The zero-order chi connectivity index (χ0) is 12.4. The molecule has 1 heterocycles. The highest BCUT2D eigenvalue weighted by Gasteiger charge is 2.18. The van der Waals surface area contributed by atoms with Crippen LogP contribution in [0.2, 0.25) is 0 Å². The summed E-state index contributed by atoms with van der Waals surface area (Å²) < 4.78 is 4.69. The predicted molar refractivity (Wildman–Crippen MR) is 64.7 cm³/mol. The summed E-state index contributed by atoms with van der Waals surface area (Å²) in [4.78, 5) is 26.2. The fourth-order valence-electron chi connectivity index (χ4n) is 1.76. The summed E-state index contributed by atoms with van der Waals surface area (Å²) in [6.45, 7) is 0. The molecular weight excluding hydrogens is 242 g/mol. The van der Waals surface area contributed by atoms with Crippen LogP contribution in [0.4, 0.5) is 0 Å². The summed E-state index contributed by atoms with van der Waals surface area (Å²) in [5.74, 6) is -0.823. The van der Waals surface area contributed by atoms with Crippen LogP contribution in [0.25, 0.3) is 10.9 Å². The third-order valence-electron chi connectivity index (χ3n) is 2.53. The van der Waals surface area contributed by atoms with Gasteiger partial charge in [-0.15, -0.1) is 11.6 Å². The van der Waals surface area contributed by atoms with Gasteiger partial charge in [-0.2, -0.15) is 0 Å². The average molecular weight is 252 g/mol. The number of hydrogen-bond donors (Lipinski definition) is 1. The Labute approximate surface area is 103 Å². The second-order valence-corrected chi connectivity index (χ2v) is 3.75. The molecule has 0 aliphatic rings. The van der Waals surface area contributed by atoms with Gasteiger partial charge in [-0.05, 0) is 12.1 Å². The van der Waals surface area contributed by atoms with Gasteiger partial charge >= 0.3 is 5.97 Å². The molecule has 0 aliphatic heterocycles. The number of aromatic amines is 1. The maximum atomic E-state index is 11.6. The van der Waals surface area contributed by atoms with E-state index in [1.807, 2.05) is 0 Å². The van der Waals surface area contributed by atoms with Gasteiger partial charge in [0.2, 0.25) is 0 Å². The summed E-state index contributed by atoms with van der Waals surface area (Å²) in [6, 6.07) is 5.12. The van der Waals surface area contributed by atoms with Crippen LogP contribution in [0.1, 0.15) is 20.7 Å². The number of halogens is 1. The Balaban J connectivity index is 2.72. The number of alkyl halides is 1. The minimum atomic E-state index is -0.473. The highest BCUT2D eigenvalue weighted by molar-refractivity contribution is 6.32. The van der Waals surface area contributed by atoms with Gasteiger partial charge < -0.3 is 9.72 Å². The predicted octanol–water partition coefficient (Wildman–Crippen LogP) is 2.38. The molecule has 0 saturated heterocycles. The molecule has 0 radical (unpaired) electrons. The number of carbonyl (C=O) groups is 2. The Kier molecular flexibility index (Phi) is 3.15. The maximum Gasteiger partial charge on any atom is 0.338 e. The molecule has 4 nitrogen and oxygen atoms in total. The number of methoxy groups -OCH3 is 1. The van der Waals surface area contributed by atoms with E-state index in [9.17, 15) is 9.59 Å². The number of ether oxygens (including phenoxy) is 1. The lowest BCUT2D eigenvalue weighted by molar-refractivity contribution is 0.0603. The Bertz CT molecular complexity index is 588. The Morgan fingerprint density at radius 1 is 1.35 bits per heavy atom. The Morgan fingerprint density at radius 2 is 2.12 bits per heavy atom. The Hall–Kier alpha value is -1.81. The monoisotopic (exact) mass is 251 g/mol. The minimum Gasteiger partial charge on any atom is -0.465 e. The second-order valence-electron chi connectivity index (χ2n) is 3.48. The van der Waals surface area contributed by atoms with Crippen molar-refractivity contribution < 1.29 is 14.3 Å². The number of rotatable bonds is 3. The molecule has 5 heteroatoms. The molecule has 0 spiro atoms. The lowest BCUT2D eigenvalue weighted by atomic mass is 10.0. The van der Waals surface area contributed by atoms with Crippen LogP contribution in [-0.4, -0.2) is 29.7 Å². The first-order chi connectivity index (χ1) is 8.19. The third-order valence-corrected chi connectivity index (χ3v) is 2.78. The van der Waals surface area contributed by atoms with Crippen molar-refractivity contribution in [2.24, 2.45) is 0 Å². The van der Waals surface area contributed by atoms with E-state index in [4.69, 9.17) is 11.6 Å². The summed E-state index contributed by atoms with van der Waals surface area (Å²) in [5.41, 5.74) is 1.48. The summed E-state index contributed by atoms with van der Waals surface area (Å²) in [5, 5.41) is 0.560. The summed E-state index contributed by atoms with van der Waals surface area (Å²) in [6.07, 6.45) is 1.56. The van der Waals surface area contributed by atoms with E-state index >= 15 is 0 Å². The van der Waals surface area contributed by atoms with Crippen molar-refractivity contribution in [1.82, 2.24) is 4.98 Å². The first-order valence-corrected chi connectivity index (χ1v) is 5.50. The van der Waals surface area contributed by atoms with E-state index in [-0.39, 0.29) is 11.7 Å². The normalized spacial score (nSPS) is 10.5. The van der Waals surface area contributed by atoms with Gasteiger partial charge in [-0.3, -0.25) is 4.79 Å². The lowest BCUT2D eigenvalue weighted by Gasteiger charge is -2.02. The first kappa shape index (κ1) is 11.7. The Morgan fingerprint density at radius 3 is 2.76 bits per heavy atom. The standard InChI is InChI=1S/C12H10ClNO3/c1-17-12(16)7-3-2-4-9-11(7)8(6-14-9)10(15)5-13/h2-4,6,14H,5H2,1H3. The number of carbonyl (C=O) groups excluding carboxylic acids is 2. The zero-order valence-electron chi connectivity index (χ0n) is 9.12. The molecule has 0 saturated carbocycles. The van der Waals surface area contributed by atoms with Crippen LogP contribution in [0.3, 0.4) is 0 Å². The molecule has 2 aromatic rings. The van der Waals surface area contributed by atoms with E-state index in [2.05, 4.69) is 9.72 Å². The van der Waals surface area contributed by atoms with Gasteiger partial charge in [-0.25, -0.2) is 4.79 Å². The number of fused-ring (bicyclic) bond motifs is 1. The topological polar surface area (TPSA) is 59.2 Å². The molecule has 0 unspecified atom stereocenters. The number of aromatic nitrogens is 1. The van der Waals surface area contributed by atoms with Crippen molar-refractivity contribution in [2.75, 3.05) is 13.0 Å². The number of hydrogen-bond acceptors (Lipinski definition) is 3. The molecule has 0 fully saturated rings. The van der Waals surface area contributed by atoms with Gasteiger partial charge in [0.1, 0.15) is 0 Å². The molecular formula is C12H10ClNO3. The van der Waals surface area contributed by atoms with Crippen LogP contribution >= 0.6 is 11.6 Å². The number of Topliss-reactive ketones (excluding diaryl/α,β-unsaturated/α-hetero) is 1. The molecule has 1 aromatic heterocycles. The van der Waals surface area contributed by atoms with Crippen molar-refractivity contribution in [3.8, 4) is 0 Å². The zero-order valence-corrected chi connectivity index (χ0v) is 9.88. The number of H-pyrrole nitrogens is 1. The number of esters is 1. The first-order valence-electron chi connectivity index (χ1n) is 4.96.